The Labute approximate surface area is 120 Å². The van der Waals surface area contributed by atoms with Gasteiger partial charge in [-0.15, -0.1) is 10.2 Å². The Kier molecular flexibility index (Phi) is 2.54. The maximum atomic E-state index is 11.3. The molecule has 1 N–H and O–H groups in total. The molecule has 1 unspecified atom stereocenters. The van der Waals surface area contributed by atoms with E-state index in [-0.39, 0.29) is 5.92 Å². The largest absolute Gasteiger partial charge is 0.481 e. The zero-order valence-electron chi connectivity index (χ0n) is 11.2. The van der Waals surface area contributed by atoms with Crippen molar-refractivity contribution < 1.29 is 9.90 Å². The Balaban J connectivity index is 1.88. The highest BCUT2D eigenvalue weighted by Gasteiger charge is 2.29. The van der Waals surface area contributed by atoms with Gasteiger partial charge in [0.2, 0.25) is 0 Å². The average Bonchev–Trinajstić information content (AvgIpc) is 3.12. The molecular formula is C16H13N3O2. The second-order valence-electron chi connectivity index (χ2n) is 5.32. The summed E-state index contributed by atoms with van der Waals surface area (Å²) in [5.41, 5.74) is 5.06. The Bertz CT molecular complexity index is 854. The standard InChI is InChI=1S/C16H13N3O2/c20-16(21)14-6-5-13-11(2-1-3-12(13)14)10-4-7-15-18-17-9-19(15)8-10/h1-4,7-9,14H,5-6H2,(H,20,21). The second-order valence-corrected chi connectivity index (χ2v) is 5.32. The molecule has 5 nitrogen and oxygen atoms in total. The van der Waals surface area contributed by atoms with Crippen molar-refractivity contribution >= 4 is 11.6 Å². The molecule has 21 heavy (non-hydrogen) atoms. The number of aliphatic carboxylic acids is 1. The first-order chi connectivity index (χ1) is 10.2. The lowest BCUT2D eigenvalue weighted by molar-refractivity contribution is -0.138. The van der Waals surface area contributed by atoms with E-state index in [9.17, 15) is 9.90 Å². The summed E-state index contributed by atoms with van der Waals surface area (Å²) < 4.78 is 1.87. The molecule has 0 spiro atoms. The van der Waals surface area contributed by atoms with Crippen molar-refractivity contribution in [1.82, 2.24) is 14.6 Å². The molecule has 1 aromatic carbocycles. The van der Waals surface area contributed by atoms with Crippen LogP contribution in [0.2, 0.25) is 0 Å². The molecule has 0 amide bonds. The number of carboxylic acids is 1. The van der Waals surface area contributed by atoms with Gasteiger partial charge < -0.3 is 5.11 Å². The van der Waals surface area contributed by atoms with Crippen molar-refractivity contribution in [2.24, 2.45) is 0 Å². The van der Waals surface area contributed by atoms with E-state index in [0.29, 0.717) is 6.42 Å². The third-order valence-electron chi connectivity index (χ3n) is 4.17. The molecule has 1 atom stereocenters. The lowest BCUT2D eigenvalue weighted by Crippen LogP contribution is -2.07. The van der Waals surface area contributed by atoms with Crippen molar-refractivity contribution in [2.45, 2.75) is 18.8 Å². The smallest absolute Gasteiger partial charge is 0.310 e. The maximum absolute atomic E-state index is 11.3. The van der Waals surface area contributed by atoms with Gasteiger partial charge in [0.05, 0.1) is 5.92 Å². The zero-order chi connectivity index (χ0) is 14.4. The van der Waals surface area contributed by atoms with Gasteiger partial charge in [0, 0.05) is 6.20 Å². The van der Waals surface area contributed by atoms with Gasteiger partial charge in [0.1, 0.15) is 6.33 Å². The van der Waals surface area contributed by atoms with Crippen LogP contribution in [0.4, 0.5) is 0 Å². The van der Waals surface area contributed by atoms with Gasteiger partial charge in [-0.3, -0.25) is 9.20 Å². The minimum Gasteiger partial charge on any atom is -0.481 e. The van der Waals surface area contributed by atoms with Crippen molar-refractivity contribution in [2.75, 3.05) is 0 Å². The number of aromatic nitrogens is 3. The molecule has 0 saturated heterocycles. The predicted molar refractivity (Wildman–Crippen MR) is 77.1 cm³/mol. The van der Waals surface area contributed by atoms with Crippen LogP contribution in [0, 0.1) is 0 Å². The Morgan fingerprint density at radius 2 is 2.19 bits per heavy atom. The highest BCUT2D eigenvalue weighted by atomic mass is 16.4. The van der Waals surface area contributed by atoms with E-state index < -0.39 is 5.97 Å². The molecule has 1 aliphatic rings. The molecule has 3 aromatic rings. The van der Waals surface area contributed by atoms with Crippen LogP contribution in [0.1, 0.15) is 23.5 Å². The van der Waals surface area contributed by atoms with Crippen molar-refractivity contribution in [3.63, 3.8) is 0 Å². The number of rotatable bonds is 2. The molecule has 2 aromatic heterocycles. The fraction of sp³-hybridized carbons (Fsp3) is 0.188. The zero-order valence-corrected chi connectivity index (χ0v) is 11.2. The van der Waals surface area contributed by atoms with Gasteiger partial charge in [-0.2, -0.15) is 0 Å². The molecule has 0 bridgehead atoms. The summed E-state index contributed by atoms with van der Waals surface area (Å²) in [6, 6.07) is 9.85. The Morgan fingerprint density at radius 1 is 1.29 bits per heavy atom. The Hall–Kier alpha value is -2.69. The van der Waals surface area contributed by atoms with E-state index in [1.54, 1.807) is 6.33 Å². The van der Waals surface area contributed by atoms with Crippen LogP contribution in [0.15, 0.2) is 42.9 Å². The first kappa shape index (κ1) is 12.1. The average molecular weight is 279 g/mol. The van der Waals surface area contributed by atoms with Crippen LogP contribution in [0.5, 0.6) is 0 Å². The molecule has 0 aliphatic heterocycles. The summed E-state index contributed by atoms with van der Waals surface area (Å²) in [4.78, 5) is 11.3. The molecule has 2 heterocycles. The summed E-state index contributed by atoms with van der Waals surface area (Å²) in [5.74, 6) is -1.11. The molecular weight excluding hydrogens is 266 g/mol. The number of nitrogens with zero attached hydrogens (tertiary/aromatic N) is 3. The highest BCUT2D eigenvalue weighted by Crippen LogP contribution is 2.39. The lowest BCUT2D eigenvalue weighted by atomic mass is 9.95. The van der Waals surface area contributed by atoms with Gasteiger partial charge in [-0.05, 0) is 47.2 Å². The second kappa shape index (κ2) is 4.41. The van der Waals surface area contributed by atoms with E-state index in [4.69, 9.17) is 0 Å². The van der Waals surface area contributed by atoms with Crippen LogP contribution in [0.3, 0.4) is 0 Å². The van der Waals surface area contributed by atoms with Crippen molar-refractivity contribution in [1.29, 1.82) is 0 Å². The van der Waals surface area contributed by atoms with Gasteiger partial charge in [0.25, 0.3) is 0 Å². The predicted octanol–water partition coefficient (Wildman–Crippen LogP) is 2.51. The normalized spacial score (nSPS) is 17.0. The van der Waals surface area contributed by atoms with E-state index >= 15 is 0 Å². The third-order valence-corrected chi connectivity index (χ3v) is 4.17. The molecule has 4 rings (SSSR count). The Morgan fingerprint density at radius 3 is 3.05 bits per heavy atom. The van der Waals surface area contributed by atoms with Gasteiger partial charge >= 0.3 is 5.97 Å². The maximum Gasteiger partial charge on any atom is 0.310 e. The number of hydrogen-bond acceptors (Lipinski definition) is 3. The number of carboxylic acid groups (broad SMARTS) is 1. The van der Waals surface area contributed by atoms with Crippen LogP contribution < -0.4 is 0 Å². The monoisotopic (exact) mass is 279 g/mol. The number of carbonyl (C=O) groups is 1. The van der Waals surface area contributed by atoms with E-state index in [1.165, 1.54) is 0 Å². The summed E-state index contributed by atoms with van der Waals surface area (Å²) in [6.45, 7) is 0. The molecule has 5 heteroatoms. The molecule has 1 aliphatic carbocycles. The topological polar surface area (TPSA) is 67.5 Å². The van der Waals surface area contributed by atoms with Gasteiger partial charge in [-0.1, -0.05) is 18.2 Å². The minimum atomic E-state index is -0.736. The van der Waals surface area contributed by atoms with Crippen LogP contribution in [-0.4, -0.2) is 25.7 Å². The van der Waals surface area contributed by atoms with E-state index in [0.717, 1.165) is 34.3 Å². The minimum absolute atomic E-state index is 0.376. The fourth-order valence-electron chi connectivity index (χ4n) is 3.17. The van der Waals surface area contributed by atoms with E-state index in [2.05, 4.69) is 16.3 Å². The quantitative estimate of drug-likeness (QED) is 0.782. The summed E-state index contributed by atoms with van der Waals surface area (Å²) in [7, 11) is 0. The summed E-state index contributed by atoms with van der Waals surface area (Å²) in [6.07, 6.45) is 5.14. The number of pyridine rings is 1. The summed E-state index contributed by atoms with van der Waals surface area (Å²) in [5, 5.41) is 17.2. The first-order valence-corrected chi connectivity index (χ1v) is 6.88. The van der Waals surface area contributed by atoms with Crippen molar-refractivity contribution in [3.8, 4) is 11.1 Å². The van der Waals surface area contributed by atoms with Crippen LogP contribution in [-0.2, 0) is 11.2 Å². The van der Waals surface area contributed by atoms with Crippen LogP contribution in [0.25, 0.3) is 16.8 Å². The molecule has 0 saturated carbocycles. The number of benzene rings is 1. The van der Waals surface area contributed by atoms with Crippen LogP contribution >= 0.6 is 0 Å². The number of fused-ring (bicyclic) bond motifs is 2. The molecule has 0 radical (unpaired) electrons. The van der Waals surface area contributed by atoms with Crippen molar-refractivity contribution in [3.05, 3.63) is 54.0 Å². The van der Waals surface area contributed by atoms with E-state index in [1.807, 2.05) is 34.9 Å². The van der Waals surface area contributed by atoms with Gasteiger partial charge in [-0.25, -0.2) is 0 Å². The molecule has 0 fully saturated rings. The van der Waals surface area contributed by atoms with Gasteiger partial charge in [0.15, 0.2) is 5.65 Å². The third kappa shape index (κ3) is 1.81. The number of hydrogen-bond donors (Lipinski definition) is 1. The SMILES string of the molecule is O=C(O)C1CCc2c(-c3ccc4nncn4c3)cccc21. The fourth-order valence-corrected chi connectivity index (χ4v) is 3.17. The highest BCUT2D eigenvalue weighted by molar-refractivity contribution is 5.81. The summed E-state index contributed by atoms with van der Waals surface area (Å²) >= 11 is 0. The first-order valence-electron chi connectivity index (χ1n) is 6.88. The molecule has 104 valence electrons. The lowest BCUT2D eigenvalue weighted by Gasteiger charge is -2.10.